The van der Waals surface area contributed by atoms with Crippen LogP contribution in [-0.2, 0) is 13.0 Å². The van der Waals surface area contributed by atoms with Crippen LogP contribution in [-0.4, -0.2) is 12.9 Å². The van der Waals surface area contributed by atoms with Crippen molar-refractivity contribution in [3.05, 3.63) is 95.6 Å². The summed E-state index contributed by atoms with van der Waals surface area (Å²) < 4.78 is 10.9. The molecule has 0 radical (unpaired) electrons. The molecule has 3 rings (SSSR count). The highest BCUT2D eigenvalue weighted by Crippen LogP contribution is 2.18. The summed E-state index contributed by atoms with van der Waals surface area (Å²) in [7, 11) is 1.63. The van der Waals surface area contributed by atoms with Crippen LogP contribution in [0.4, 0.5) is 0 Å². The summed E-state index contributed by atoms with van der Waals surface area (Å²) in [6.45, 7) is 0.483. The zero-order valence-electron chi connectivity index (χ0n) is 14.1. The van der Waals surface area contributed by atoms with Crippen LogP contribution in [0.5, 0.6) is 11.5 Å². The van der Waals surface area contributed by atoms with Gasteiger partial charge in [-0.1, -0.05) is 54.6 Å². The number of ketones is 1. The van der Waals surface area contributed by atoms with Crippen LogP contribution in [0.15, 0.2) is 78.9 Å². The van der Waals surface area contributed by atoms with E-state index in [2.05, 4.69) is 0 Å². The molecule has 0 aliphatic carbocycles. The highest BCUT2D eigenvalue weighted by molar-refractivity contribution is 5.97. The van der Waals surface area contributed by atoms with Gasteiger partial charge in [0, 0.05) is 12.0 Å². The van der Waals surface area contributed by atoms with E-state index >= 15 is 0 Å². The quantitative estimate of drug-likeness (QED) is 0.588. The highest BCUT2D eigenvalue weighted by atomic mass is 16.5. The van der Waals surface area contributed by atoms with Crippen molar-refractivity contribution in [2.45, 2.75) is 13.0 Å². The molecule has 0 unspecified atom stereocenters. The largest absolute Gasteiger partial charge is 0.497 e. The normalized spacial score (nSPS) is 10.3. The third-order valence-corrected chi connectivity index (χ3v) is 3.93. The Kier molecular flexibility index (Phi) is 5.47. The van der Waals surface area contributed by atoms with Gasteiger partial charge in [-0.2, -0.15) is 0 Å². The SMILES string of the molecule is COc1ccc(CC(=O)c2cccc(OCc3ccccc3)c2)cc1. The summed E-state index contributed by atoms with van der Waals surface area (Å²) in [4.78, 5) is 12.5. The third kappa shape index (κ3) is 4.70. The maximum atomic E-state index is 12.5. The lowest BCUT2D eigenvalue weighted by Crippen LogP contribution is -2.04. The van der Waals surface area contributed by atoms with Crippen molar-refractivity contribution in [3.63, 3.8) is 0 Å². The van der Waals surface area contributed by atoms with Gasteiger partial charge in [0.25, 0.3) is 0 Å². The first-order valence-electron chi connectivity index (χ1n) is 8.17. The van der Waals surface area contributed by atoms with Crippen molar-refractivity contribution in [2.75, 3.05) is 7.11 Å². The number of hydrogen-bond acceptors (Lipinski definition) is 3. The van der Waals surface area contributed by atoms with Crippen LogP contribution in [0.3, 0.4) is 0 Å². The van der Waals surface area contributed by atoms with Crippen molar-refractivity contribution >= 4 is 5.78 Å². The summed E-state index contributed by atoms with van der Waals surface area (Å²) in [6.07, 6.45) is 0.353. The van der Waals surface area contributed by atoms with E-state index in [0.29, 0.717) is 24.3 Å². The molecule has 3 aromatic rings. The van der Waals surface area contributed by atoms with Crippen LogP contribution < -0.4 is 9.47 Å². The van der Waals surface area contributed by atoms with Crippen LogP contribution in [0.1, 0.15) is 21.5 Å². The summed E-state index contributed by atoms with van der Waals surface area (Å²) >= 11 is 0. The number of methoxy groups -OCH3 is 1. The average molecular weight is 332 g/mol. The molecule has 126 valence electrons. The first-order chi connectivity index (χ1) is 12.2. The second-order valence-electron chi connectivity index (χ2n) is 5.75. The van der Waals surface area contributed by atoms with Gasteiger partial charge in [-0.3, -0.25) is 4.79 Å². The Morgan fingerprint density at radius 1 is 0.800 bits per heavy atom. The third-order valence-electron chi connectivity index (χ3n) is 3.93. The van der Waals surface area contributed by atoms with Crippen molar-refractivity contribution < 1.29 is 14.3 Å². The van der Waals surface area contributed by atoms with Gasteiger partial charge in [0.1, 0.15) is 18.1 Å². The van der Waals surface area contributed by atoms with Crippen molar-refractivity contribution in [2.24, 2.45) is 0 Å². The first-order valence-corrected chi connectivity index (χ1v) is 8.17. The minimum absolute atomic E-state index is 0.0651. The zero-order chi connectivity index (χ0) is 17.5. The topological polar surface area (TPSA) is 35.5 Å². The van der Waals surface area contributed by atoms with E-state index in [4.69, 9.17) is 9.47 Å². The van der Waals surface area contributed by atoms with Gasteiger partial charge in [-0.05, 0) is 35.4 Å². The molecule has 3 aromatic carbocycles. The smallest absolute Gasteiger partial charge is 0.167 e. The van der Waals surface area contributed by atoms with Gasteiger partial charge in [-0.15, -0.1) is 0 Å². The van der Waals surface area contributed by atoms with E-state index in [0.717, 1.165) is 16.9 Å². The van der Waals surface area contributed by atoms with E-state index in [9.17, 15) is 4.79 Å². The lowest BCUT2D eigenvalue weighted by atomic mass is 10.0. The van der Waals surface area contributed by atoms with Crippen molar-refractivity contribution in [3.8, 4) is 11.5 Å². The molecule has 0 amide bonds. The monoisotopic (exact) mass is 332 g/mol. The Morgan fingerprint density at radius 2 is 1.56 bits per heavy atom. The number of carbonyl (C=O) groups excluding carboxylic acids is 1. The minimum atomic E-state index is 0.0651. The Hall–Kier alpha value is -3.07. The van der Waals surface area contributed by atoms with Crippen molar-refractivity contribution in [1.29, 1.82) is 0 Å². The fourth-order valence-corrected chi connectivity index (χ4v) is 2.53. The number of rotatable bonds is 7. The molecule has 25 heavy (non-hydrogen) atoms. The van der Waals surface area contributed by atoms with Crippen LogP contribution in [0.25, 0.3) is 0 Å². The molecule has 0 N–H and O–H groups in total. The Labute approximate surface area is 147 Å². The van der Waals surface area contributed by atoms with Crippen molar-refractivity contribution in [1.82, 2.24) is 0 Å². The highest BCUT2D eigenvalue weighted by Gasteiger charge is 2.09. The molecule has 0 bridgehead atoms. The molecule has 0 atom stereocenters. The predicted octanol–water partition coefficient (Wildman–Crippen LogP) is 4.70. The van der Waals surface area contributed by atoms with Gasteiger partial charge in [-0.25, -0.2) is 0 Å². The van der Waals surface area contributed by atoms with Gasteiger partial charge in [0.2, 0.25) is 0 Å². The lowest BCUT2D eigenvalue weighted by Gasteiger charge is -2.08. The zero-order valence-corrected chi connectivity index (χ0v) is 14.1. The van der Waals surface area contributed by atoms with Crippen LogP contribution in [0.2, 0.25) is 0 Å². The maximum absolute atomic E-state index is 12.5. The van der Waals surface area contributed by atoms with E-state index < -0.39 is 0 Å². The summed E-state index contributed by atoms with van der Waals surface area (Å²) in [5.74, 6) is 1.55. The molecule has 0 saturated heterocycles. The first kappa shape index (κ1) is 16.8. The van der Waals surface area contributed by atoms with Crippen LogP contribution in [0, 0.1) is 0 Å². The average Bonchev–Trinajstić information content (AvgIpc) is 2.68. The summed E-state index contributed by atoms with van der Waals surface area (Å²) in [5, 5.41) is 0. The fourth-order valence-electron chi connectivity index (χ4n) is 2.53. The molecule has 0 aliphatic rings. The molecule has 0 saturated carbocycles. The standard InChI is InChI=1S/C22H20O3/c1-24-20-12-10-17(11-13-20)14-22(23)19-8-5-9-21(15-19)25-16-18-6-3-2-4-7-18/h2-13,15H,14,16H2,1H3. The molecule has 0 aliphatic heterocycles. The van der Waals surface area contributed by atoms with E-state index in [1.54, 1.807) is 13.2 Å². The second kappa shape index (κ2) is 8.15. The van der Waals surface area contributed by atoms with E-state index in [1.165, 1.54) is 0 Å². The maximum Gasteiger partial charge on any atom is 0.167 e. The number of carbonyl (C=O) groups is 1. The molecule has 0 heterocycles. The number of hydrogen-bond donors (Lipinski definition) is 0. The Bertz CT molecular complexity index is 823. The molecular formula is C22H20O3. The summed E-state index contributed by atoms with van der Waals surface area (Å²) in [6, 6.07) is 24.8. The molecular weight excluding hydrogens is 312 g/mol. The van der Waals surface area contributed by atoms with E-state index in [1.807, 2.05) is 72.8 Å². The number of benzene rings is 3. The van der Waals surface area contributed by atoms with Gasteiger partial charge in [0.15, 0.2) is 5.78 Å². The predicted molar refractivity (Wildman–Crippen MR) is 98.2 cm³/mol. The number of Topliss-reactive ketones (excluding diaryl/α,β-unsaturated/α-hetero) is 1. The molecule has 0 spiro atoms. The van der Waals surface area contributed by atoms with Gasteiger partial charge >= 0.3 is 0 Å². The molecule has 3 nitrogen and oxygen atoms in total. The Morgan fingerprint density at radius 3 is 2.28 bits per heavy atom. The summed E-state index contributed by atoms with van der Waals surface area (Å²) in [5.41, 5.74) is 2.71. The second-order valence-corrected chi connectivity index (χ2v) is 5.75. The van der Waals surface area contributed by atoms with E-state index in [-0.39, 0.29) is 5.78 Å². The van der Waals surface area contributed by atoms with Gasteiger partial charge < -0.3 is 9.47 Å². The number of ether oxygens (including phenoxy) is 2. The Balaban J connectivity index is 1.64. The van der Waals surface area contributed by atoms with Gasteiger partial charge in [0.05, 0.1) is 7.11 Å². The molecule has 3 heteroatoms. The fraction of sp³-hybridized carbons (Fsp3) is 0.136. The lowest BCUT2D eigenvalue weighted by molar-refractivity contribution is 0.0992. The van der Waals surface area contributed by atoms with Crippen LogP contribution >= 0.6 is 0 Å². The molecule has 0 aromatic heterocycles. The molecule has 0 fully saturated rings. The minimum Gasteiger partial charge on any atom is -0.497 e.